The topological polar surface area (TPSA) is 294 Å². The first-order valence-electron chi connectivity index (χ1n) is 28.9. The average Bonchev–Trinajstić information content (AvgIpc) is 3.37. The Morgan fingerprint density at radius 3 is 1.32 bits per heavy atom. The van der Waals surface area contributed by atoms with E-state index in [9.17, 15) is 54.8 Å². The van der Waals surface area contributed by atoms with Gasteiger partial charge in [0.05, 0.1) is 19.3 Å². The summed E-state index contributed by atoms with van der Waals surface area (Å²) in [7, 11) is -5.34. The van der Waals surface area contributed by atoms with Gasteiger partial charge in [-0.1, -0.05) is 213 Å². The molecule has 0 aromatic heterocycles. The summed E-state index contributed by atoms with van der Waals surface area (Å²) in [6, 6.07) is -1.53. The fourth-order valence-electron chi connectivity index (χ4n) is 9.66. The molecule has 0 aromatic rings. The zero-order chi connectivity index (χ0) is 53.7. The van der Waals surface area contributed by atoms with E-state index in [0.29, 0.717) is 19.3 Å². The van der Waals surface area contributed by atoms with Crippen molar-refractivity contribution in [1.29, 1.82) is 0 Å². The minimum absolute atomic E-state index is 0.117. The molecule has 1 heterocycles. The van der Waals surface area contributed by atoms with Gasteiger partial charge in [-0.2, -0.15) is 0 Å². The van der Waals surface area contributed by atoms with Crippen molar-refractivity contribution in [2.24, 2.45) is 5.73 Å². The Bertz CT molecular complexity index is 1420. The predicted octanol–water partition coefficient (Wildman–Crippen LogP) is 8.25. The molecule has 19 heteroatoms. The highest BCUT2D eigenvalue weighted by atomic mass is 31.2. The number of unbranched alkanes of at least 4 members (excludes halogenated alkanes) is 31. The summed E-state index contributed by atoms with van der Waals surface area (Å²) in [5.41, 5.74) is 6.05. The Morgan fingerprint density at radius 2 is 0.904 bits per heavy atom. The van der Waals surface area contributed by atoms with E-state index in [2.05, 4.69) is 13.8 Å². The van der Waals surface area contributed by atoms with Crippen LogP contribution in [0.25, 0.3) is 0 Å². The van der Waals surface area contributed by atoms with Gasteiger partial charge in [-0.25, -0.2) is 4.57 Å². The van der Waals surface area contributed by atoms with Gasteiger partial charge in [-0.3, -0.25) is 18.6 Å². The van der Waals surface area contributed by atoms with Crippen LogP contribution < -0.4 is 5.73 Å². The van der Waals surface area contributed by atoms with Crippen LogP contribution >= 0.6 is 7.82 Å². The van der Waals surface area contributed by atoms with Crippen LogP contribution in [-0.4, -0.2) is 146 Å². The second-order valence-corrected chi connectivity index (χ2v) is 22.3. The number of ether oxygens (including phenoxy) is 4. The highest BCUT2D eigenvalue weighted by Gasteiger charge is 2.57. The third kappa shape index (κ3) is 29.8. The molecule has 2 rings (SSSR count). The Hall–Kier alpha value is -1.35. The zero-order valence-corrected chi connectivity index (χ0v) is 46.0. The number of hydrogen-bond acceptors (Lipinski definition) is 17. The largest absolute Gasteiger partial charge is 0.472 e. The molecule has 73 heavy (non-hydrogen) atoms. The third-order valence-corrected chi connectivity index (χ3v) is 15.3. The van der Waals surface area contributed by atoms with Crippen LogP contribution in [0.5, 0.6) is 0 Å². The molecule has 0 spiro atoms. The molecule has 2 aliphatic rings. The summed E-state index contributed by atoms with van der Waals surface area (Å²) >= 11 is 0. The van der Waals surface area contributed by atoms with E-state index in [4.69, 9.17) is 33.7 Å². The van der Waals surface area contributed by atoms with E-state index in [1.807, 2.05) is 0 Å². The average molecular weight is 1070 g/mol. The maximum atomic E-state index is 13.5. The molecule has 10 N–H and O–H groups in total. The normalized spacial score (nSPS) is 26.6. The first kappa shape index (κ1) is 67.8. The van der Waals surface area contributed by atoms with Gasteiger partial charge in [0.25, 0.3) is 0 Å². The molecule has 18 nitrogen and oxygen atoms in total. The van der Waals surface area contributed by atoms with Crippen LogP contribution in [0, 0.1) is 0 Å². The second-order valence-electron chi connectivity index (χ2n) is 20.9. The predicted molar refractivity (Wildman–Crippen MR) is 279 cm³/mol. The molecule has 1 aliphatic heterocycles. The van der Waals surface area contributed by atoms with Crippen LogP contribution in [0.2, 0.25) is 0 Å². The van der Waals surface area contributed by atoms with Crippen molar-refractivity contribution < 1.29 is 82.8 Å². The van der Waals surface area contributed by atoms with E-state index in [1.54, 1.807) is 0 Å². The summed E-state index contributed by atoms with van der Waals surface area (Å²) in [5.74, 6) is -1.41. The smallest absolute Gasteiger partial charge is 0.463 e. The molecule has 0 amide bonds. The van der Waals surface area contributed by atoms with Crippen LogP contribution in [0.15, 0.2) is 0 Å². The fraction of sp³-hybridized carbons (Fsp3) is 0.963. The van der Waals surface area contributed by atoms with E-state index >= 15 is 0 Å². The molecule has 432 valence electrons. The molecule has 2 fully saturated rings. The number of phosphoric ester groups is 1. The van der Waals surface area contributed by atoms with Crippen molar-refractivity contribution in [3.8, 4) is 0 Å². The van der Waals surface area contributed by atoms with Crippen molar-refractivity contribution >= 4 is 19.8 Å². The first-order chi connectivity index (χ1) is 35.2. The molecule has 1 saturated carbocycles. The maximum absolute atomic E-state index is 13.5. The number of rotatable bonds is 46. The van der Waals surface area contributed by atoms with Crippen LogP contribution in [0.1, 0.15) is 239 Å². The lowest BCUT2D eigenvalue weighted by Gasteiger charge is -2.48. The van der Waals surface area contributed by atoms with Gasteiger partial charge in [0.2, 0.25) is 0 Å². The highest BCUT2D eigenvalue weighted by Crippen LogP contribution is 2.48. The van der Waals surface area contributed by atoms with Crippen molar-refractivity contribution in [3.05, 3.63) is 0 Å². The zero-order valence-electron chi connectivity index (χ0n) is 45.1. The molecule has 0 aromatic carbocycles. The third-order valence-electron chi connectivity index (χ3n) is 14.3. The Balaban J connectivity index is 1.81. The van der Waals surface area contributed by atoms with Crippen LogP contribution in [0.4, 0.5) is 0 Å². The number of carbonyl (C=O) groups excluding carboxylic acids is 2. The quantitative estimate of drug-likeness (QED) is 0.0157. The van der Waals surface area contributed by atoms with Crippen molar-refractivity contribution in [2.75, 3.05) is 19.8 Å². The van der Waals surface area contributed by atoms with Gasteiger partial charge in [-0.05, 0) is 12.8 Å². The summed E-state index contributed by atoms with van der Waals surface area (Å²) < 4.78 is 45.9. The van der Waals surface area contributed by atoms with Crippen LogP contribution in [-0.2, 0) is 42.1 Å². The number of aliphatic hydroxyl groups is 7. The molecular formula is C54H104NO17P. The Labute approximate surface area is 438 Å². The van der Waals surface area contributed by atoms with E-state index < -0.39 is 113 Å². The Kier molecular flexibility index (Phi) is 38.7. The van der Waals surface area contributed by atoms with Gasteiger partial charge in [0, 0.05) is 12.8 Å². The van der Waals surface area contributed by atoms with Gasteiger partial charge in [-0.15, -0.1) is 0 Å². The lowest BCUT2D eigenvalue weighted by Crippen LogP contribution is -2.69. The number of hydrogen-bond donors (Lipinski definition) is 9. The number of esters is 2. The van der Waals surface area contributed by atoms with Crippen molar-refractivity contribution in [1.82, 2.24) is 0 Å². The van der Waals surface area contributed by atoms with Crippen molar-refractivity contribution in [2.45, 2.75) is 312 Å². The Morgan fingerprint density at radius 1 is 0.521 bits per heavy atom. The summed E-state index contributed by atoms with van der Waals surface area (Å²) in [4.78, 5) is 36.5. The van der Waals surface area contributed by atoms with Gasteiger partial charge in [0.1, 0.15) is 61.5 Å². The lowest BCUT2D eigenvalue weighted by molar-refractivity contribution is -0.316. The van der Waals surface area contributed by atoms with Crippen LogP contribution in [0.3, 0.4) is 0 Å². The molecular weight excluding hydrogens is 966 g/mol. The number of aliphatic hydroxyl groups excluding tert-OH is 7. The van der Waals surface area contributed by atoms with E-state index in [1.165, 1.54) is 148 Å². The van der Waals surface area contributed by atoms with E-state index in [-0.39, 0.29) is 12.8 Å². The maximum Gasteiger partial charge on any atom is 0.472 e. The molecule has 1 unspecified atom stereocenters. The standard InChI is InChI=1S/C54H104NO17P/c1-3-5-7-9-11-13-15-17-18-19-20-21-22-23-25-26-28-30-32-34-36-43(58)67-39-41(57)40-68-73(65,66)72-53-51(70-44(59)37-35-33-31-29-27-24-16-14-12-10-8-6-4-2)49(63)48(62)50(64)52(53)71-54-45(55)47(61)46(60)42(38-56)69-54/h41-42,45-54,56-57,60-64H,3-40,55H2,1-2H3,(H,65,66)/t41-,42+,45+,46+,47+,48+,49+,50-,51+,52+,53+,54+/m0/s1. The summed E-state index contributed by atoms with van der Waals surface area (Å²) in [6.45, 7) is 2.22. The highest BCUT2D eigenvalue weighted by molar-refractivity contribution is 7.47. The minimum atomic E-state index is -5.34. The monoisotopic (exact) mass is 1070 g/mol. The summed E-state index contributed by atoms with van der Waals surface area (Å²) in [5, 5.41) is 74.3. The second kappa shape index (κ2) is 41.7. The number of nitrogens with two attached hydrogens (primary N) is 1. The van der Waals surface area contributed by atoms with Gasteiger partial charge < -0.3 is 65.3 Å². The number of carbonyl (C=O) groups is 2. The van der Waals surface area contributed by atoms with Gasteiger partial charge in [0.15, 0.2) is 12.4 Å². The molecule has 0 radical (unpaired) electrons. The minimum Gasteiger partial charge on any atom is -0.463 e. The fourth-order valence-corrected chi connectivity index (χ4v) is 10.6. The van der Waals surface area contributed by atoms with E-state index in [0.717, 1.165) is 44.9 Å². The molecule has 1 aliphatic carbocycles. The molecule has 13 atom stereocenters. The lowest BCUT2D eigenvalue weighted by atomic mass is 9.84. The van der Waals surface area contributed by atoms with Gasteiger partial charge >= 0.3 is 19.8 Å². The summed E-state index contributed by atoms with van der Waals surface area (Å²) in [6.07, 6.45) is 18.5. The number of phosphoric acid groups is 1. The first-order valence-corrected chi connectivity index (χ1v) is 30.4. The molecule has 1 saturated heterocycles. The SMILES string of the molecule is CCCCCCCCCCCCCCCCCCCCCCC(=O)OC[C@H](O)COP(=O)(O)O[C@@H]1[C@H](OC(=O)CCCCCCCCCCCCCCC)[C@H](O)[C@@H](O)[C@H](O)[C@H]1O[C@H]1O[C@H](CO)[C@@H](O)[C@H](O)[C@H]1N. The van der Waals surface area contributed by atoms with Crippen molar-refractivity contribution in [3.63, 3.8) is 0 Å². The molecule has 0 bridgehead atoms.